The van der Waals surface area contributed by atoms with Crippen molar-refractivity contribution >= 4 is 15.2 Å². The molecule has 0 N–H and O–H groups in total. The van der Waals surface area contributed by atoms with Gasteiger partial charge in [-0.15, -0.1) is 0 Å². The molecule has 0 atom stereocenters. The summed E-state index contributed by atoms with van der Waals surface area (Å²) < 4.78 is 37.0. The van der Waals surface area contributed by atoms with E-state index in [1.165, 1.54) is 5.28 Å². The van der Waals surface area contributed by atoms with Crippen molar-refractivity contribution in [2.75, 3.05) is 0 Å². The average molecular weight is 244 g/mol. The molecular weight excluding hydrogens is 228 g/mol. The van der Waals surface area contributed by atoms with Crippen molar-refractivity contribution in [3.63, 3.8) is 0 Å². The molecule has 0 spiro atoms. The Morgan fingerprint density at radius 2 is 1.75 bits per heavy atom. The van der Waals surface area contributed by atoms with Crippen LogP contribution in [0.15, 0.2) is 24.3 Å². The lowest BCUT2D eigenvalue weighted by Gasteiger charge is -2.11. The van der Waals surface area contributed by atoms with Gasteiger partial charge in [-0.05, 0) is 17.5 Å². The predicted octanol–water partition coefficient (Wildman–Crippen LogP) is 3.63. The summed E-state index contributed by atoms with van der Waals surface area (Å²) >= 11 is -0.0612. The van der Waals surface area contributed by atoms with Gasteiger partial charge in [0.2, 0.25) is 15.2 Å². The van der Waals surface area contributed by atoms with Crippen LogP contribution in [0.4, 0.5) is 13.2 Å². The number of hydrogen-bond acceptors (Lipinski definition) is 0. The normalized spacial score (nSPS) is 11.5. The quantitative estimate of drug-likeness (QED) is 0.548. The molecule has 1 aromatic rings. The number of benzene rings is 1. The summed E-state index contributed by atoms with van der Waals surface area (Å²) in [5, 5.41) is 2.33. The van der Waals surface area contributed by atoms with Gasteiger partial charge in [-0.1, -0.05) is 41.8 Å². The molecule has 0 aromatic heterocycles. The van der Waals surface area contributed by atoms with Crippen LogP contribution < -0.4 is 0 Å². The summed E-state index contributed by atoms with van der Waals surface area (Å²) in [6.45, 7) is 2.15. The van der Waals surface area contributed by atoms with Gasteiger partial charge in [0.1, 0.15) is 0 Å². The van der Waals surface area contributed by atoms with Gasteiger partial charge in [0.05, 0.1) is 6.42 Å². The second-order valence-electron chi connectivity index (χ2n) is 4.02. The molecule has 0 aliphatic rings. The molecule has 0 saturated heterocycles. The highest BCUT2D eigenvalue weighted by atomic mass is 27.1. The minimum Gasteiger partial charge on any atom is -0.171 e. The molecule has 0 aliphatic carbocycles. The van der Waals surface area contributed by atoms with Crippen molar-refractivity contribution < 1.29 is 13.2 Å². The Bertz CT molecular complexity index is 320. The van der Waals surface area contributed by atoms with Gasteiger partial charge < -0.3 is 0 Å². The molecule has 0 amide bonds. The van der Waals surface area contributed by atoms with Crippen molar-refractivity contribution in [2.45, 2.75) is 36.5 Å². The minimum absolute atomic E-state index is 0.0612. The van der Waals surface area contributed by atoms with Crippen LogP contribution >= 0.6 is 0 Å². The first-order chi connectivity index (χ1) is 7.53. The van der Waals surface area contributed by atoms with Crippen molar-refractivity contribution in [2.24, 2.45) is 0 Å². The van der Waals surface area contributed by atoms with E-state index in [0.717, 1.165) is 17.3 Å². The lowest BCUT2D eigenvalue weighted by Crippen LogP contribution is -2.13. The van der Waals surface area contributed by atoms with E-state index in [1.807, 2.05) is 12.1 Å². The van der Waals surface area contributed by atoms with E-state index in [1.54, 1.807) is 12.1 Å². The van der Waals surface area contributed by atoms with Crippen LogP contribution in [-0.4, -0.2) is 21.4 Å². The van der Waals surface area contributed by atoms with E-state index in [2.05, 4.69) is 6.92 Å². The Labute approximate surface area is 101 Å². The Morgan fingerprint density at radius 3 is 2.31 bits per heavy atom. The molecule has 0 bridgehead atoms. The van der Waals surface area contributed by atoms with E-state index in [4.69, 9.17) is 0 Å². The van der Waals surface area contributed by atoms with Crippen molar-refractivity contribution in [3.05, 3.63) is 35.4 Å². The van der Waals surface area contributed by atoms with E-state index in [-0.39, 0.29) is 15.2 Å². The van der Waals surface area contributed by atoms with Crippen LogP contribution in [-0.2, 0) is 12.8 Å². The molecule has 1 aromatic carbocycles. The smallest absolute Gasteiger partial charge is 0.171 e. The minimum atomic E-state index is -4.10. The topological polar surface area (TPSA) is 0 Å². The Hall–Kier alpha value is -0.458. The molecule has 0 nitrogen and oxygen atoms in total. The van der Waals surface area contributed by atoms with Crippen LogP contribution in [0, 0.1) is 0 Å². The molecule has 0 saturated carbocycles. The van der Waals surface area contributed by atoms with Gasteiger partial charge >= 0.3 is 6.18 Å². The molecule has 0 unspecified atom stereocenters. The summed E-state index contributed by atoms with van der Waals surface area (Å²) in [7, 11) is 0. The molecule has 88 valence electrons. The number of aryl methyl sites for hydroxylation is 1. The fourth-order valence-corrected chi connectivity index (χ4v) is 2.89. The zero-order chi connectivity index (χ0) is 12.0. The Balaban J connectivity index is 2.68. The van der Waals surface area contributed by atoms with Crippen LogP contribution in [0.3, 0.4) is 0 Å². The number of rotatable bonds is 5. The number of hydrogen-bond donors (Lipinski definition) is 0. The van der Waals surface area contributed by atoms with Crippen molar-refractivity contribution in [1.82, 2.24) is 0 Å². The summed E-state index contributed by atoms with van der Waals surface area (Å²) in [6, 6.07) is 6.92. The highest BCUT2D eigenvalue weighted by Gasteiger charge is 2.28. The monoisotopic (exact) mass is 244 g/mol. The molecule has 0 heterocycles. The van der Waals surface area contributed by atoms with Gasteiger partial charge in [-0.3, -0.25) is 0 Å². The third-order valence-electron chi connectivity index (χ3n) is 2.56. The van der Waals surface area contributed by atoms with E-state index in [0.29, 0.717) is 5.56 Å². The zero-order valence-corrected chi connectivity index (χ0v) is 10.9. The zero-order valence-electron chi connectivity index (χ0n) is 9.48. The lowest BCUT2D eigenvalue weighted by molar-refractivity contribution is -0.127. The van der Waals surface area contributed by atoms with Gasteiger partial charge in [-0.25, -0.2) is 0 Å². The molecular formula is C12H16AlF3. The Kier molecular flexibility index (Phi) is 5.37. The first kappa shape index (κ1) is 13.6. The van der Waals surface area contributed by atoms with Crippen LogP contribution in [0.5, 0.6) is 0 Å². The fraction of sp³-hybridized carbons (Fsp3) is 0.500. The maximum atomic E-state index is 12.3. The third-order valence-corrected chi connectivity index (χ3v) is 4.12. The summed E-state index contributed by atoms with van der Waals surface area (Å²) in [4.78, 5) is 0. The predicted molar refractivity (Wildman–Crippen MR) is 62.3 cm³/mol. The summed E-state index contributed by atoms with van der Waals surface area (Å²) in [6.07, 6.45) is -4.08. The second kappa shape index (κ2) is 6.32. The molecule has 16 heavy (non-hydrogen) atoms. The molecule has 0 aliphatic heterocycles. The van der Waals surface area contributed by atoms with Crippen LogP contribution in [0.1, 0.15) is 18.1 Å². The molecule has 4 heteroatoms. The highest BCUT2D eigenvalue weighted by Crippen LogP contribution is 2.24. The summed E-state index contributed by atoms with van der Waals surface area (Å²) in [5.74, 6) is 0. The van der Waals surface area contributed by atoms with E-state index >= 15 is 0 Å². The Morgan fingerprint density at radius 1 is 1.12 bits per heavy atom. The van der Waals surface area contributed by atoms with Gasteiger partial charge in [0.15, 0.2) is 0 Å². The van der Waals surface area contributed by atoms with Gasteiger partial charge in [-0.2, -0.15) is 13.2 Å². The van der Waals surface area contributed by atoms with Crippen molar-refractivity contribution in [3.8, 4) is 0 Å². The van der Waals surface area contributed by atoms with Crippen molar-refractivity contribution in [1.29, 1.82) is 0 Å². The van der Waals surface area contributed by atoms with Crippen LogP contribution in [0.2, 0.25) is 10.6 Å². The molecule has 0 radical (unpaired) electrons. The standard InChI is InChI=1S/C10H10F3.C2H5.Al.H/c1-2-8-5-3-4-6-9(8)7-10(11,12)13;1-2;;/h3-6H,1-2,7H2;1H2,2H3;;. The fourth-order valence-electron chi connectivity index (χ4n) is 1.76. The second-order valence-corrected chi connectivity index (χ2v) is 6.43. The number of alkyl halides is 3. The summed E-state index contributed by atoms with van der Waals surface area (Å²) in [5.41, 5.74) is 1.32. The maximum Gasteiger partial charge on any atom is 0.393 e. The first-order valence-electron chi connectivity index (χ1n) is 5.66. The largest absolute Gasteiger partial charge is 0.393 e. The lowest BCUT2D eigenvalue weighted by atomic mass is 10.0. The van der Waals surface area contributed by atoms with E-state index in [9.17, 15) is 13.2 Å². The van der Waals surface area contributed by atoms with E-state index < -0.39 is 12.6 Å². The highest BCUT2D eigenvalue weighted by molar-refractivity contribution is 6.35. The van der Waals surface area contributed by atoms with Gasteiger partial charge in [0.25, 0.3) is 0 Å². The third kappa shape index (κ3) is 5.05. The molecule has 1 rings (SSSR count). The SMILES string of the molecule is C[CH2][AlH][CH2]Cc1ccccc1CC(F)(F)F. The average Bonchev–Trinajstić information content (AvgIpc) is 2.19. The molecule has 0 fully saturated rings. The van der Waals surface area contributed by atoms with Crippen LogP contribution in [0.25, 0.3) is 0 Å². The first-order valence-corrected chi connectivity index (χ1v) is 7.66. The maximum absolute atomic E-state index is 12.3. The van der Waals surface area contributed by atoms with Gasteiger partial charge in [0, 0.05) is 0 Å². The number of halogens is 3.